The van der Waals surface area contributed by atoms with Crippen molar-refractivity contribution in [1.82, 2.24) is 9.80 Å². The Morgan fingerprint density at radius 1 is 0.921 bits per heavy atom. The van der Waals surface area contributed by atoms with Gasteiger partial charge in [0.15, 0.2) is 23.0 Å². The zero-order valence-corrected chi connectivity index (χ0v) is 39.8. The summed E-state index contributed by atoms with van der Waals surface area (Å²) in [5.41, 5.74) is 4.69. The molecule has 1 amide bonds. The van der Waals surface area contributed by atoms with Crippen LogP contribution in [0.2, 0.25) is 19.0 Å². The fraction of sp³-hybridized carbons (Fsp3) is 0.529. The number of allylic oxidation sites excluding steroid dienone is 4. The Kier molecular flexibility index (Phi) is 20.6. The smallest absolute Gasteiger partial charge is 0.256 e. The van der Waals surface area contributed by atoms with Crippen LogP contribution in [0.15, 0.2) is 78.9 Å². The number of nitrogens with zero attached hydrogens (tertiary/aromatic N) is 2. The highest BCUT2D eigenvalue weighted by Gasteiger charge is 2.34. The first-order chi connectivity index (χ1) is 30.8. The minimum absolute atomic E-state index is 0.00413. The molecule has 3 unspecified atom stereocenters. The van der Waals surface area contributed by atoms with Crippen molar-refractivity contribution in [2.45, 2.75) is 97.1 Å². The van der Waals surface area contributed by atoms with Gasteiger partial charge in [-0.2, -0.15) is 0 Å². The van der Waals surface area contributed by atoms with Gasteiger partial charge in [-0.05, 0) is 80.0 Å². The van der Waals surface area contributed by atoms with Gasteiger partial charge in [-0.3, -0.25) is 9.69 Å². The number of carbonyl (C=O) groups is 1. The number of rotatable bonds is 22. The van der Waals surface area contributed by atoms with Crippen LogP contribution in [-0.2, 0) is 0 Å². The van der Waals surface area contributed by atoms with E-state index >= 15 is 0 Å². The zero-order valence-electron chi connectivity index (χ0n) is 39.0. The number of aryl methyl sites for hydroxylation is 1. The number of hydrogen-bond donors (Lipinski definition) is 3. The van der Waals surface area contributed by atoms with E-state index in [0.717, 1.165) is 106 Å². The summed E-state index contributed by atoms with van der Waals surface area (Å²) in [4.78, 5) is 18.1. The van der Waals surface area contributed by atoms with Crippen LogP contribution >= 0.6 is 11.2 Å². The molecule has 12 heteroatoms. The van der Waals surface area contributed by atoms with Gasteiger partial charge in [0.2, 0.25) is 0 Å². The van der Waals surface area contributed by atoms with E-state index in [4.69, 9.17) is 18.9 Å². The third kappa shape index (κ3) is 13.9. The van der Waals surface area contributed by atoms with E-state index in [1.165, 1.54) is 16.7 Å². The molecule has 0 spiro atoms. The molecule has 2 fully saturated rings. The molecule has 6 rings (SSSR count). The number of aliphatic hydroxyl groups is 1. The minimum atomic E-state index is 0.00413. The van der Waals surface area contributed by atoms with E-state index in [1.54, 1.807) is 14.2 Å². The molecule has 0 aromatic heterocycles. The Morgan fingerprint density at radius 2 is 1.62 bits per heavy atom. The second-order valence-electron chi connectivity index (χ2n) is 16.7. The van der Waals surface area contributed by atoms with E-state index in [1.807, 2.05) is 43.2 Å². The van der Waals surface area contributed by atoms with Crippen molar-refractivity contribution in [1.29, 1.82) is 0 Å². The maximum atomic E-state index is 13.9. The fourth-order valence-electron chi connectivity index (χ4n) is 9.30. The van der Waals surface area contributed by atoms with Gasteiger partial charge in [-0.15, -0.1) is 11.2 Å². The number of likely N-dealkylation sites (tertiary alicyclic amines) is 2. The number of aliphatic hydroxyl groups excluding tert-OH is 1. The molecule has 10 nitrogen and oxygen atoms in total. The number of amides is 1. The van der Waals surface area contributed by atoms with Gasteiger partial charge in [-0.1, -0.05) is 101 Å². The maximum Gasteiger partial charge on any atom is 0.256 e. The lowest BCUT2D eigenvalue weighted by molar-refractivity contribution is 0.0784. The van der Waals surface area contributed by atoms with Crippen LogP contribution in [0.5, 0.6) is 23.0 Å². The molecule has 3 aromatic rings. The molecule has 3 aliphatic rings. The topological polar surface area (TPSA) is 105 Å². The van der Waals surface area contributed by atoms with Crippen LogP contribution in [0, 0.1) is 24.1 Å². The second-order valence-corrected chi connectivity index (χ2v) is 17.3. The summed E-state index contributed by atoms with van der Waals surface area (Å²) < 4.78 is 24.3. The van der Waals surface area contributed by atoms with Crippen molar-refractivity contribution in [2.75, 3.05) is 77.2 Å². The van der Waals surface area contributed by atoms with Gasteiger partial charge < -0.3 is 39.6 Å². The average molecular weight is 881 g/mol. The monoisotopic (exact) mass is 881 g/mol. The van der Waals surface area contributed by atoms with E-state index in [9.17, 15) is 9.90 Å². The number of benzene rings is 3. The first kappa shape index (κ1) is 49.4. The van der Waals surface area contributed by atoms with Crippen molar-refractivity contribution in [2.24, 2.45) is 11.8 Å². The van der Waals surface area contributed by atoms with Gasteiger partial charge in [0, 0.05) is 61.6 Å². The number of carbonyl (C=O) groups excluding carboxylic acids is 1. The molecule has 1 aliphatic carbocycles. The van der Waals surface area contributed by atoms with E-state index < -0.39 is 0 Å². The molecular weight excluding hydrogens is 807 g/mol. The molecule has 342 valence electrons. The van der Waals surface area contributed by atoms with E-state index in [2.05, 4.69) is 95.4 Å². The molecule has 0 saturated carbocycles. The lowest BCUT2D eigenvalue weighted by Crippen LogP contribution is -2.35. The highest BCUT2D eigenvalue weighted by Crippen LogP contribution is 2.38. The van der Waals surface area contributed by atoms with E-state index in [0.29, 0.717) is 60.4 Å². The summed E-state index contributed by atoms with van der Waals surface area (Å²) in [6, 6.07) is 18.6. The van der Waals surface area contributed by atoms with Crippen molar-refractivity contribution < 1.29 is 28.8 Å². The minimum Gasteiger partial charge on any atom is -0.493 e. The highest BCUT2D eigenvalue weighted by atomic mass is 32.1. The van der Waals surface area contributed by atoms with Crippen molar-refractivity contribution in [3.63, 3.8) is 0 Å². The Balaban J connectivity index is 0.00000369. The van der Waals surface area contributed by atoms with Crippen LogP contribution in [0.25, 0.3) is 0 Å². The molecule has 0 bridgehead atoms. The Morgan fingerprint density at radius 3 is 2.25 bits per heavy atom. The lowest BCUT2D eigenvalue weighted by Gasteiger charge is -2.23. The first-order valence-corrected chi connectivity index (χ1v) is 24.5. The SMILES string of the molecule is CC.CCCB(CCCOc1cc(NC[C@@H]2CC(c3ccccc3)CN2CO)c(C)cc1OC)CCCOc1cc(NC#SC)c(C(=O)N2CCC(C3C=CC=CC3)C2)cc1OC. The number of nitrogens with one attached hydrogen (secondary N) is 2. The van der Waals surface area contributed by atoms with Gasteiger partial charge in [0.25, 0.3) is 5.91 Å². The molecular formula is C51H73BN4O6S. The number of anilines is 2. The van der Waals surface area contributed by atoms with Gasteiger partial charge in [0.1, 0.15) is 6.71 Å². The van der Waals surface area contributed by atoms with Crippen LogP contribution < -0.4 is 29.6 Å². The molecule has 63 heavy (non-hydrogen) atoms. The summed E-state index contributed by atoms with van der Waals surface area (Å²) >= 11 is 1.43. The normalized spacial score (nSPS) is 19.1. The average Bonchev–Trinajstić information content (AvgIpc) is 4.00. The quantitative estimate of drug-likeness (QED) is 0.0517. The molecule has 2 aliphatic heterocycles. The molecule has 2 saturated heterocycles. The Bertz CT molecular complexity index is 2000. The molecule has 2 heterocycles. The standard InChI is InChI=1S/C49H67BN4O6S.C2H6/c1-6-20-50(21-13-24-59-47-29-43(36(2)26-45(47)57-3)51-31-41-27-40(33-54(41)35-55)38-17-11-8-12-18-38)22-14-25-60-48-30-44(52-34-61-5)42(28-46(48)58-4)49(56)53-23-19-39(32-53)37-15-9-7-10-16-37;1-2/h7-12,15,17-18,26,28-30,37,39-41,51-52,55H,6,13-14,16,19-25,27,31-33,35H2,1-5H3;1-2H3/t37?,39?,40?,41-;/m0./s1. The number of methoxy groups -OCH3 is 2. The summed E-state index contributed by atoms with van der Waals surface area (Å²) in [5.74, 6) is 4.02. The van der Waals surface area contributed by atoms with E-state index in [-0.39, 0.29) is 18.7 Å². The van der Waals surface area contributed by atoms with Crippen LogP contribution in [0.3, 0.4) is 0 Å². The van der Waals surface area contributed by atoms with Crippen LogP contribution in [-0.4, -0.2) is 100 Å². The van der Waals surface area contributed by atoms with Crippen LogP contribution in [0.4, 0.5) is 11.4 Å². The molecule has 3 N–H and O–H groups in total. The highest BCUT2D eigenvalue weighted by molar-refractivity contribution is 7.87. The third-order valence-corrected chi connectivity index (χ3v) is 13.0. The number of ether oxygens (including phenoxy) is 4. The van der Waals surface area contributed by atoms with Gasteiger partial charge >= 0.3 is 0 Å². The Hall–Kier alpha value is -4.61. The van der Waals surface area contributed by atoms with Gasteiger partial charge in [0.05, 0.1) is 45.4 Å². The zero-order chi connectivity index (χ0) is 45.0. The summed E-state index contributed by atoms with van der Waals surface area (Å²) in [5, 5.41) is 20.1. The first-order valence-electron chi connectivity index (χ1n) is 23.3. The number of hydrogen-bond acceptors (Lipinski definition) is 9. The molecule has 0 radical (unpaired) electrons. The van der Waals surface area contributed by atoms with Crippen molar-refractivity contribution >= 4 is 35.2 Å². The molecule has 3 aromatic carbocycles. The predicted octanol–water partition coefficient (Wildman–Crippen LogP) is 10.7. The summed E-state index contributed by atoms with van der Waals surface area (Å²) in [6.45, 7) is 13.2. The molecule has 4 atom stereocenters. The fourth-order valence-corrected chi connectivity index (χ4v) is 9.51. The predicted molar refractivity (Wildman–Crippen MR) is 264 cm³/mol. The van der Waals surface area contributed by atoms with Crippen LogP contribution in [0.1, 0.15) is 86.7 Å². The maximum absolute atomic E-state index is 13.9. The largest absolute Gasteiger partial charge is 0.493 e. The Labute approximate surface area is 382 Å². The second kappa shape index (κ2) is 26.2. The van der Waals surface area contributed by atoms with Crippen molar-refractivity contribution in [3.8, 4) is 28.3 Å². The lowest BCUT2D eigenvalue weighted by atomic mass is 9.41. The third-order valence-electron chi connectivity index (χ3n) is 12.7. The summed E-state index contributed by atoms with van der Waals surface area (Å²) in [7, 11) is 3.32. The van der Waals surface area contributed by atoms with Gasteiger partial charge in [-0.25, -0.2) is 0 Å². The summed E-state index contributed by atoms with van der Waals surface area (Å²) in [6.07, 6.45) is 19.9. The van der Waals surface area contributed by atoms with Crippen molar-refractivity contribution in [3.05, 3.63) is 95.6 Å².